The van der Waals surface area contributed by atoms with Gasteiger partial charge in [-0.3, -0.25) is 0 Å². The molecule has 2 N–H and O–H groups in total. The van der Waals surface area contributed by atoms with Gasteiger partial charge in [0, 0.05) is 23.6 Å². The van der Waals surface area contributed by atoms with Gasteiger partial charge in [0.2, 0.25) is 5.88 Å². The molecule has 0 aliphatic carbocycles. The van der Waals surface area contributed by atoms with Crippen molar-refractivity contribution < 1.29 is 14.0 Å². The first-order valence-corrected chi connectivity index (χ1v) is 6.82. The van der Waals surface area contributed by atoms with Crippen LogP contribution in [0, 0.1) is 0 Å². The summed E-state index contributed by atoms with van der Waals surface area (Å²) in [5.74, 6) is 2.20. The fourth-order valence-electron chi connectivity index (χ4n) is 2.47. The Balaban J connectivity index is 2.17. The van der Waals surface area contributed by atoms with Crippen molar-refractivity contribution in [1.29, 1.82) is 0 Å². The van der Waals surface area contributed by atoms with Crippen molar-refractivity contribution in [2.45, 2.75) is 26.2 Å². The van der Waals surface area contributed by atoms with Crippen molar-refractivity contribution >= 4 is 5.88 Å². The van der Waals surface area contributed by atoms with Crippen LogP contribution in [0.4, 0.5) is 5.88 Å². The first-order chi connectivity index (χ1) is 9.66. The maximum absolute atomic E-state index is 5.90. The quantitative estimate of drug-likeness (QED) is 0.910. The van der Waals surface area contributed by atoms with E-state index in [-0.39, 0.29) is 5.92 Å². The van der Waals surface area contributed by atoms with Crippen molar-refractivity contribution in [3.63, 3.8) is 0 Å². The molecular formula is C15H18N2O3. The Hall–Kier alpha value is -2.17. The largest absolute Gasteiger partial charge is 0.490 e. The lowest BCUT2D eigenvalue weighted by molar-refractivity contribution is 0.296. The van der Waals surface area contributed by atoms with Crippen LogP contribution in [0.2, 0.25) is 0 Å². The number of nitrogen functional groups attached to an aromatic ring is 1. The van der Waals surface area contributed by atoms with Gasteiger partial charge in [-0.2, -0.15) is 0 Å². The van der Waals surface area contributed by atoms with Gasteiger partial charge in [0.1, 0.15) is 5.69 Å². The van der Waals surface area contributed by atoms with Gasteiger partial charge in [-0.25, -0.2) is 0 Å². The molecule has 1 aromatic carbocycles. The van der Waals surface area contributed by atoms with Crippen LogP contribution in [0.15, 0.2) is 22.7 Å². The van der Waals surface area contributed by atoms with Gasteiger partial charge in [0.15, 0.2) is 11.5 Å². The lowest BCUT2D eigenvalue weighted by atomic mass is 9.93. The van der Waals surface area contributed by atoms with E-state index >= 15 is 0 Å². The Morgan fingerprint density at radius 3 is 2.70 bits per heavy atom. The molecule has 0 bridgehead atoms. The zero-order chi connectivity index (χ0) is 14.1. The number of hydrogen-bond acceptors (Lipinski definition) is 5. The second-order valence-corrected chi connectivity index (χ2v) is 5.17. The minimum Gasteiger partial charge on any atom is -0.490 e. The van der Waals surface area contributed by atoms with Crippen molar-refractivity contribution in [3.05, 3.63) is 23.8 Å². The summed E-state index contributed by atoms with van der Waals surface area (Å²) in [5, 5.41) is 4.01. The molecule has 0 saturated heterocycles. The van der Waals surface area contributed by atoms with E-state index in [0.717, 1.165) is 34.7 Å². The van der Waals surface area contributed by atoms with Crippen LogP contribution < -0.4 is 15.2 Å². The minimum atomic E-state index is 0.277. The van der Waals surface area contributed by atoms with Crippen LogP contribution in [-0.4, -0.2) is 18.4 Å². The normalized spacial score (nSPS) is 14.3. The highest BCUT2D eigenvalue weighted by Gasteiger charge is 2.22. The number of anilines is 1. The van der Waals surface area contributed by atoms with Gasteiger partial charge in [0.25, 0.3) is 0 Å². The number of benzene rings is 1. The molecule has 0 spiro atoms. The average Bonchev–Trinajstić information content (AvgIpc) is 2.71. The van der Waals surface area contributed by atoms with E-state index in [4.69, 9.17) is 19.7 Å². The minimum absolute atomic E-state index is 0.277. The highest BCUT2D eigenvalue weighted by Crippen LogP contribution is 2.43. The number of fused-ring (bicyclic) bond motifs is 1. The van der Waals surface area contributed by atoms with E-state index in [0.29, 0.717) is 19.1 Å². The van der Waals surface area contributed by atoms with Crippen molar-refractivity contribution in [1.82, 2.24) is 5.16 Å². The maximum Gasteiger partial charge on any atom is 0.222 e. The zero-order valence-corrected chi connectivity index (χ0v) is 11.7. The van der Waals surface area contributed by atoms with Crippen LogP contribution in [0.1, 0.15) is 31.7 Å². The van der Waals surface area contributed by atoms with Crippen LogP contribution >= 0.6 is 0 Å². The Morgan fingerprint density at radius 1 is 1.20 bits per heavy atom. The van der Waals surface area contributed by atoms with Gasteiger partial charge in [-0.05, 0) is 18.1 Å². The molecule has 3 rings (SSSR count). The summed E-state index contributed by atoms with van der Waals surface area (Å²) in [6.07, 6.45) is 0.887. The van der Waals surface area contributed by atoms with E-state index in [9.17, 15) is 0 Å². The van der Waals surface area contributed by atoms with Gasteiger partial charge in [-0.15, -0.1) is 0 Å². The molecule has 1 aliphatic heterocycles. The van der Waals surface area contributed by atoms with Gasteiger partial charge in [-0.1, -0.05) is 19.0 Å². The highest BCUT2D eigenvalue weighted by molar-refractivity contribution is 5.71. The van der Waals surface area contributed by atoms with E-state index in [1.54, 1.807) is 6.07 Å². The number of nitrogens with zero attached hydrogens (tertiary/aromatic N) is 1. The fraction of sp³-hybridized carbons (Fsp3) is 0.400. The summed E-state index contributed by atoms with van der Waals surface area (Å²) in [6.45, 7) is 5.59. The number of aromatic nitrogens is 1. The molecule has 5 heteroatoms. The topological polar surface area (TPSA) is 70.5 Å². The molecule has 0 fully saturated rings. The summed E-state index contributed by atoms with van der Waals surface area (Å²) in [5.41, 5.74) is 8.40. The van der Waals surface area contributed by atoms with E-state index in [2.05, 4.69) is 19.0 Å². The third-order valence-corrected chi connectivity index (χ3v) is 3.33. The SMILES string of the molecule is CC(C)c1c(-c2cc(N)on2)ccc2c1OCCCO2. The van der Waals surface area contributed by atoms with Crippen LogP contribution in [0.3, 0.4) is 0 Å². The Morgan fingerprint density at radius 2 is 2.00 bits per heavy atom. The number of hydrogen-bond donors (Lipinski definition) is 1. The smallest absolute Gasteiger partial charge is 0.222 e. The summed E-state index contributed by atoms with van der Waals surface area (Å²) in [6, 6.07) is 5.64. The van der Waals surface area contributed by atoms with Gasteiger partial charge in [0.05, 0.1) is 13.2 Å². The molecule has 0 atom stereocenters. The summed E-state index contributed by atoms with van der Waals surface area (Å²) < 4.78 is 16.6. The summed E-state index contributed by atoms with van der Waals surface area (Å²) in [4.78, 5) is 0. The Bertz CT molecular complexity index is 620. The first kappa shape index (κ1) is 12.8. The number of nitrogens with two attached hydrogens (primary N) is 1. The zero-order valence-electron chi connectivity index (χ0n) is 11.7. The molecule has 0 amide bonds. The fourth-order valence-corrected chi connectivity index (χ4v) is 2.47. The second-order valence-electron chi connectivity index (χ2n) is 5.17. The molecule has 5 nitrogen and oxygen atoms in total. The van der Waals surface area contributed by atoms with Crippen LogP contribution in [0.5, 0.6) is 11.5 Å². The molecule has 20 heavy (non-hydrogen) atoms. The number of rotatable bonds is 2. The molecule has 1 aliphatic rings. The number of ether oxygens (including phenoxy) is 2. The standard InChI is InChI=1S/C15H18N2O3/c1-9(2)14-10(11-8-13(16)20-17-11)4-5-12-15(14)19-7-3-6-18-12/h4-5,8-9H,3,6-7,16H2,1-2H3. The predicted octanol–water partition coefficient (Wildman–Crippen LogP) is 3.21. The summed E-state index contributed by atoms with van der Waals surface area (Å²) >= 11 is 0. The molecular weight excluding hydrogens is 256 g/mol. The highest BCUT2D eigenvalue weighted by atomic mass is 16.5. The first-order valence-electron chi connectivity index (χ1n) is 6.82. The van der Waals surface area contributed by atoms with Crippen molar-refractivity contribution in [2.24, 2.45) is 0 Å². The molecule has 0 unspecified atom stereocenters. The van der Waals surface area contributed by atoms with Gasteiger partial charge < -0.3 is 19.7 Å². The second kappa shape index (κ2) is 5.07. The average molecular weight is 274 g/mol. The molecule has 0 saturated carbocycles. The van der Waals surface area contributed by atoms with E-state index < -0.39 is 0 Å². The Kier molecular flexibility index (Phi) is 3.26. The third kappa shape index (κ3) is 2.19. The van der Waals surface area contributed by atoms with Gasteiger partial charge >= 0.3 is 0 Å². The molecule has 106 valence electrons. The Labute approximate surface area is 117 Å². The molecule has 0 radical (unpaired) electrons. The lowest BCUT2D eigenvalue weighted by Crippen LogP contribution is -2.01. The van der Waals surface area contributed by atoms with E-state index in [1.807, 2.05) is 12.1 Å². The van der Waals surface area contributed by atoms with Crippen LogP contribution in [0.25, 0.3) is 11.3 Å². The lowest BCUT2D eigenvalue weighted by Gasteiger charge is -2.18. The molecule has 2 heterocycles. The summed E-state index contributed by atoms with van der Waals surface area (Å²) in [7, 11) is 0. The molecule has 1 aromatic heterocycles. The third-order valence-electron chi connectivity index (χ3n) is 3.33. The van der Waals surface area contributed by atoms with E-state index in [1.165, 1.54) is 0 Å². The maximum atomic E-state index is 5.90. The predicted molar refractivity (Wildman–Crippen MR) is 76.0 cm³/mol. The molecule has 2 aromatic rings. The van der Waals surface area contributed by atoms with Crippen molar-refractivity contribution in [3.8, 4) is 22.8 Å². The van der Waals surface area contributed by atoms with Crippen LogP contribution in [-0.2, 0) is 0 Å². The van der Waals surface area contributed by atoms with Crippen molar-refractivity contribution in [2.75, 3.05) is 18.9 Å². The monoisotopic (exact) mass is 274 g/mol.